The normalized spacial score (nSPS) is 10.4. The molecular weight excluding hydrogens is 450 g/mol. The standard InChI is InChI=1S/C17H14FIN6O/c18-11-7-4-8-21-12(11)9-13(26)24-25-16-14(19)15(22-17(20)23-16)10-5-2-1-3-6-10/h1-8H,9H2,(H,24,26)(H3,20,22,23,25). The predicted octanol–water partition coefficient (Wildman–Crippen LogP) is 2.55. The fraction of sp³-hybridized carbons (Fsp3) is 0.0588. The molecule has 0 radical (unpaired) electrons. The highest BCUT2D eigenvalue weighted by Crippen LogP contribution is 2.28. The molecule has 0 saturated carbocycles. The number of rotatable bonds is 5. The number of benzene rings is 1. The molecule has 2 heterocycles. The first-order chi connectivity index (χ1) is 12.5. The van der Waals surface area contributed by atoms with Crippen LogP contribution in [-0.4, -0.2) is 20.9 Å². The van der Waals surface area contributed by atoms with E-state index in [0.29, 0.717) is 15.1 Å². The molecule has 0 aliphatic carbocycles. The maximum absolute atomic E-state index is 13.6. The van der Waals surface area contributed by atoms with Gasteiger partial charge in [0.05, 0.1) is 21.4 Å². The van der Waals surface area contributed by atoms with Gasteiger partial charge in [-0.1, -0.05) is 30.3 Å². The predicted molar refractivity (Wildman–Crippen MR) is 104 cm³/mol. The number of hydrogen-bond acceptors (Lipinski definition) is 6. The van der Waals surface area contributed by atoms with Crippen molar-refractivity contribution in [1.82, 2.24) is 20.4 Å². The minimum Gasteiger partial charge on any atom is -0.368 e. The van der Waals surface area contributed by atoms with E-state index in [1.807, 2.05) is 30.3 Å². The molecule has 0 atom stereocenters. The van der Waals surface area contributed by atoms with Gasteiger partial charge < -0.3 is 5.73 Å². The van der Waals surface area contributed by atoms with Gasteiger partial charge in [0.15, 0.2) is 5.82 Å². The van der Waals surface area contributed by atoms with Crippen LogP contribution in [0.4, 0.5) is 16.2 Å². The van der Waals surface area contributed by atoms with Gasteiger partial charge in [-0.3, -0.25) is 20.6 Å². The summed E-state index contributed by atoms with van der Waals surface area (Å²) in [6, 6.07) is 12.2. The Morgan fingerprint density at radius 1 is 1.15 bits per heavy atom. The second-order valence-corrected chi connectivity index (χ2v) is 6.32. The Balaban J connectivity index is 1.75. The summed E-state index contributed by atoms with van der Waals surface area (Å²) in [4.78, 5) is 24.2. The molecule has 1 amide bonds. The molecule has 9 heteroatoms. The van der Waals surface area contributed by atoms with Crippen molar-refractivity contribution in [2.24, 2.45) is 0 Å². The van der Waals surface area contributed by atoms with Gasteiger partial charge >= 0.3 is 0 Å². The number of halogens is 2. The summed E-state index contributed by atoms with van der Waals surface area (Å²) >= 11 is 2.07. The van der Waals surface area contributed by atoms with Crippen molar-refractivity contribution in [3.63, 3.8) is 0 Å². The summed E-state index contributed by atoms with van der Waals surface area (Å²) < 4.78 is 14.3. The molecule has 0 bridgehead atoms. The van der Waals surface area contributed by atoms with E-state index in [2.05, 4.69) is 48.4 Å². The van der Waals surface area contributed by atoms with Crippen molar-refractivity contribution in [3.05, 3.63) is 63.7 Å². The van der Waals surface area contributed by atoms with E-state index in [-0.39, 0.29) is 18.1 Å². The number of nitrogens with zero attached hydrogens (tertiary/aromatic N) is 3. The summed E-state index contributed by atoms with van der Waals surface area (Å²) in [5, 5.41) is 0. The molecule has 0 saturated heterocycles. The molecule has 0 spiro atoms. The van der Waals surface area contributed by atoms with Crippen LogP contribution in [0.15, 0.2) is 48.7 Å². The molecule has 4 N–H and O–H groups in total. The Hall–Kier alpha value is -2.82. The number of hydrazine groups is 1. The number of nitrogen functional groups attached to an aromatic ring is 1. The zero-order chi connectivity index (χ0) is 18.5. The lowest BCUT2D eigenvalue weighted by Gasteiger charge is -2.12. The minimum atomic E-state index is -0.533. The second-order valence-electron chi connectivity index (χ2n) is 5.24. The summed E-state index contributed by atoms with van der Waals surface area (Å²) in [5.74, 6) is -0.574. The molecule has 132 valence electrons. The van der Waals surface area contributed by atoms with E-state index in [1.165, 1.54) is 18.3 Å². The van der Waals surface area contributed by atoms with Crippen LogP contribution in [-0.2, 0) is 11.2 Å². The molecule has 26 heavy (non-hydrogen) atoms. The lowest BCUT2D eigenvalue weighted by atomic mass is 10.1. The Kier molecular flexibility index (Phi) is 5.56. The fourth-order valence-corrected chi connectivity index (χ4v) is 2.90. The second kappa shape index (κ2) is 8.04. The number of anilines is 2. The summed E-state index contributed by atoms with van der Waals surface area (Å²) in [7, 11) is 0. The van der Waals surface area contributed by atoms with Gasteiger partial charge in [0.1, 0.15) is 5.82 Å². The molecule has 0 fully saturated rings. The zero-order valence-electron chi connectivity index (χ0n) is 13.4. The molecule has 0 aliphatic rings. The van der Waals surface area contributed by atoms with E-state index < -0.39 is 11.7 Å². The van der Waals surface area contributed by atoms with E-state index in [1.54, 1.807) is 0 Å². The average molecular weight is 464 g/mol. The van der Waals surface area contributed by atoms with Crippen molar-refractivity contribution in [2.45, 2.75) is 6.42 Å². The Labute approximate surface area is 162 Å². The van der Waals surface area contributed by atoms with Crippen LogP contribution >= 0.6 is 22.6 Å². The lowest BCUT2D eigenvalue weighted by molar-refractivity contribution is -0.120. The van der Waals surface area contributed by atoms with Gasteiger partial charge in [-0.2, -0.15) is 4.98 Å². The molecule has 3 rings (SSSR count). The van der Waals surface area contributed by atoms with Gasteiger partial charge in [-0.05, 0) is 34.7 Å². The highest BCUT2D eigenvalue weighted by molar-refractivity contribution is 14.1. The Morgan fingerprint density at radius 3 is 2.65 bits per heavy atom. The quantitative estimate of drug-likeness (QED) is 0.396. The Bertz CT molecular complexity index is 938. The number of carbonyl (C=O) groups excluding carboxylic acids is 1. The van der Waals surface area contributed by atoms with Crippen LogP contribution in [0, 0.1) is 9.39 Å². The maximum atomic E-state index is 13.6. The SMILES string of the molecule is Nc1nc(NNC(=O)Cc2ncccc2F)c(I)c(-c2ccccc2)n1. The lowest BCUT2D eigenvalue weighted by Crippen LogP contribution is -2.32. The third kappa shape index (κ3) is 4.23. The van der Waals surface area contributed by atoms with Crippen molar-refractivity contribution in [2.75, 3.05) is 11.2 Å². The topological polar surface area (TPSA) is 106 Å². The van der Waals surface area contributed by atoms with Crippen LogP contribution in [0.1, 0.15) is 5.69 Å². The number of hydrogen-bond donors (Lipinski definition) is 3. The minimum absolute atomic E-state index is 0.0636. The van der Waals surface area contributed by atoms with Crippen LogP contribution in [0.3, 0.4) is 0 Å². The number of aromatic nitrogens is 3. The van der Waals surface area contributed by atoms with Crippen molar-refractivity contribution < 1.29 is 9.18 Å². The Morgan fingerprint density at radius 2 is 1.92 bits per heavy atom. The van der Waals surface area contributed by atoms with Gasteiger partial charge in [0.2, 0.25) is 11.9 Å². The van der Waals surface area contributed by atoms with Crippen LogP contribution in [0.2, 0.25) is 0 Å². The molecule has 1 aromatic carbocycles. The van der Waals surface area contributed by atoms with Crippen LogP contribution in [0.5, 0.6) is 0 Å². The smallest absolute Gasteiger partial charge is 0.244 e. The monoisotopic (exact) mass is 464 g/mol. The van der Waals surface area contributed by atoms with Crippen molar-refractivity contribution >= 4 is 40.3 Å². The largest absolute Gasteiger partial charge is 0.368 e. The number of nitrogens with one attached hydrogen (secondary N) is 2. The highest BCUT2D eigenvalue weighted by Gasteiger charge is 2.14. The van der Waals surface area contributed by atoms with E-state index in [4.69, 9.17) is 5.73 Å². The molecule has 0 unspecified atom stereocenters. The first-order valence-corrected chi connectivity index (χ1v) is 8.65. The molecule has 7 nitrogen and oxygen atoms in total. The average Bonchev–Trinajstić information content (AvgIpc) is 2.65. The van der Waals surface area contributed by atoms with Crippen molar-refractivity contribution in [1.29, 1.82) is 0 Å². The van der Waals surface area contributed by atoms with Gasteiger partial charge in [-0.25, -0.2) is 9.37 Å². The third-order valence-electron chi connectivity index (χ3n) is 3.40. The van der Waals surface area contributed by atoms with Crippen LogP contribution in [0.25, 0.3) is 11.3 Å². The number of amides is 1. The number of carbonyl (C=O) groups is 1. The molecule has 0 aliphatic heterocycles. The third-order valence-corrected chi connectivity index (χ3v) is 4.42. The van der Waals surface area contributed by atoms with E-state index >= 15 is 0 Å². The molecule has 3 aromatic rings. The molecular formula is C17H14FIN6O. The molecule has 2 aromatic heterocycles. The summed E-state index contributed by atoms with van der Waals surface area (Å²) in [6.45, 7) is 0. The summed E-state index contributed by atoms with van der Waals surface area (Å²) in [6.07, 6.45) is 1.22. The first-order valence-electron chi connectivity index (χ1n) is 7.57. The summed E-state index contributed by atoms with van der Waals surface area (Å²) in [5.41, 5.74) is 12.5. The zero-order valence-corrected chi connectivity index (χ0v) is 15.6. The van der Waals surface area contributed by atoms with E-state index in [9.17, 15) is 9.18 Å². The van der Waals surface area contributed by atoms with Crippen molar-refractivity contribution in [3.8, 4) is 11.3 Å². The van der Waals surface area contributed by atoms with Gasteiger partial charge in [0.25, 0.3) is 0 Å². The maximum Gasteiger partial charge on any atom is 0.244 e. The first kappa shape index (κ1) is 18.0. The number of nitrogens with two attached hydrogens (primary N) is 1. The highest BCUT2D eigenvalue weighted by atomic mass is 127. The number of pyridine rings is 1. The van der Waals surface area contributed by atoms with E-state index in [0.717, 1.165) is 5.56 Å². The van der Waals surface area contributed by atoms with Crippen LogP contribution < -0.4 is 16.6 Å². The van der Waals surface area contributed by atoms with Gasteiger partial charge in [-0.15, -0.1) is 0 Å². The van der Waals surface area contributed by atoms with Gasteiger partial charge in [0, 0.05) is 11.8 Å². The fourth-order valence-electron chi connectivity index (χ4n) is 2.21.